The number of amides is 1. The summed E-state index contributed by atoms with van der Waals surface area (Å²) < 4.78 is 10.9. The third-order valence-corrected chi connectivity index (χ3v) is 6.75. The second kappa shape index (κ2) is 9.15. The lowest BCUT2D eigenvalue weighted by atomic mass is 9.94. The van der Waals surface area contributed by atoms with Crippen LogP contribution in [0.2, 0.25) is 0 Å². The average molecular weight is 459 g/mol. The minimum atomic E-state index is -0.489. The molecule has 1 fully saturated rings. The highest BCUT2D eigenvalue weighted by molar-refractivity contribution is 6.02. The Morgan fingerprint density at radius 1 is 1.00 bits per heavy atom. The van der Waals surface area contributed by atoms with Crippen LogP contribution in [0.15, 0.2) is 60.7 Å². The first kappa shape index (κ1) is 22.5. The number of hydrogen-bond donors (Lipinski definition) is 2. The van der Waals surface area contributed by atoms with E-state index in [1.54, 1.807) is 0 Å². The maximum Gasteiger partial charge on any atom is 0.235 e. The molecule has 5 heteroatoms. The van der Waals surface area contributed by atoms with Crippen LogP contribution >= 0.6 is 0 Å². The third-order valence-electron chi connectivity index (χ3n) is 6.75. The van der Waals surface area contributed by atoms with Gasteiger partial charge in [-0.2, -0.15) is 0 Å². The van der Waals surface area contributed by atoms with E-state index < -0.39 is 5.41 Å². The fourth-order valence-corrected chi connectivity index (χ4v) is 4.53. The van der Waals surface area contributed by atoms with Gasteiger partial charge < -0.3 is 20.1 Å². The predicted octanol–water partition coefficient (Wildman–Crippen LogP) is 6.05. The van der Waals surface area contributed by atoms with Crippen LogP contribution in [0.5, 0.6) is 11.5 Å². The lowest BCUT2D eigenvalue weighted by Crippen LogP contribution is -2.27. The molecule has 0 unspecified atom stereocenters. The van der Waals surface area contributed by atoms with E-state index >= 15 is 0 Å². The minimum Gasteiger partial charge on any atom is -0.454 e. The van der Waals surface area contributed by atoms with Crippen LogP contribution < -0.4 is 20.1 Å². The van der Waals surface area contributed by atoms with Crippen LogP contribution in [0.25, 0.3) is 11.1 Å². The van der Waals surface area contributed by atoms with Crippen LogP contribution in [0.4, 0.5) is 5.69 Å². The number of anilines is 1. The number of aryl methyl sites for hydroxylation is 1. The summed E-state index contributed by atoms with van der Waals surface area (Å²) in [5, 5.41) is 6.66. The molecule has 0 aromatic heterocycles. The Bertz CT molecular complexity index is 1200. The number of fused-ring (bicyclic) bond motifs is 1. The molecule has 0 saturated heterocycles. The lowest BCUT2D eigenvalue weighted by molar-refractivity contribution is -0.118. The number of rotatable bonds is 8. The first-order valence-corrected chi connectivity index (χ1v) is 12.1. The van der Waals surface area contributed by atoms with E-state index in [0.717, 1.165) is 59.8 Å². The van der Waals surface area contributed by atoms with Gasteiger partial charge in [0, 0.05) is 13.7 Å². The topological polar surface area (TPSA) is 59.6 Å². The van der Waals surface area contributed by atoms with Gasteiger partial charge >= 0.3 is 0 Å². The average Bonchev–Trinajstić information content (AvgIpc) is 3.51. The van der Waals surface area contributed by atoms with E-state index in [9.17, 15) is 4.79 Å². The maximum absolute atomic E-state index is 13.3. The first-order chi connectivity index (χ1) is 16.4. The van der Waals surface area contributed by atoms with Gasteiger partial charge in [-0.15, -0.1) is 0 Å². The van der Waals surface area contributed by atoms with Crippen molar-refractivity contribution < 1.29 is 15.7 Å². The molecule has 1 heterocycles. The van der Waals surface area contributed by atoms with Gasteiger partial charge in [-0.25, -0.2) is 0 Å². The minimum absolute atomic E-state index is 0. The summed E-state index contributed by atoms with van der Waals surface area (Å²) in [6.45, 7) is 8.65. The molecule has 0 bridgehead atoms. The number of ether oxygens (including phenoxy) is 2. The zero-order valence-electron chi connectivity index (χ0n) is 20.1. The Hall–Kier alpha value is -3.31. The third kappa shape index (κ3) is 4.53. The standard InChI is InChI=1S/C29H32N2O3.H2/c1-19(2)16-30-17-21-5-7-22(8-6-21)25-15-24(10-4-20(25)3)31-28(32)29(12-13-29)23-9-11-26-27(14-23)34-18-33-26;/h4-11,14-15,19,30H,12-13,16-18H2,1-3H3,(H,31,32);1H. The Morgan fingerprint density at radius 3 is 2.50 bits per heavy atom. The van der Waals surface area contributed by atoms with Gasteiger partial charge in [-0.05, 0) is 84.3 Å². The molecule has 2 N–H and O–H groups in total. The lowest BCUT2D eigenvalue weighted by Gasteiger charge is -2.17. The molecule has 1 saturated carbocycles. The van der Waals surface area contributed by atoms with Crippen LogP contribution in [0, 0.1) is 12.8 Å². The molecule has 34 heavy (non-hydrogen) atoms. The smallest absolute Gasteiger partial charge is 0.235 e. The quantitative estimate of drug-likeness (QED) is 0.431. The Kier molecular flexibility index (Phi) is 6.05. The monoisotopic (exact) mass is 458 g/mol. The number of benzene rings is 3. The van der Waals surface area contributed by atoms with Crippen LogP contribution in [-0.4, -0.2) is 19.2 Å². The second-order valence-corrected chi connectivity index (χ2v) is 9.86. The summed E-state index contributed by atoms with van der Waals surface area (Å²) in [5.74, 6) is 2.13. The molecule has 5 nitrogen and oxygen atoms in total. The number of nitrogens with one attached hydrogen (secondary N) is 2. The van der Waals surface area contributed by atoms with Gasteiger partial charge in [0.05, 0.1) is 5.41 Å². The molecular formula is C29H34N2O3. The maximum atomic E-state index is 13.3. The second-order valence-electron chi connectivity index (χ2n) is 9.86. The Balaban J connectivity index is 0.00000289. The largest absolute Gasteiger partial charge is 0.454 e. The highest BCUT2D eigenvalue weighted by Gasteiger charge is 2.51. The molecule has 3 aromatic rings. The van der Waals surface area contributed by atoms with Crippen molar-refractivity contribution in [1.29, 1.82) is 0 Å². The Morgan fingerprint density at radius 2 is 1.76 bits per heavy atom. The van der Waals surface area contributed by atoms with Crippen LogP contribution in [0.1, 0.15) is 44.8 Å². The molecule has 0 spiro atoms. The van der Waals surface area contributed by atoms with Crippen molar-refractivity contribution in [3.05, 3.63) is 77.4 Å². The van der Waals surface area contributed by atoms with Crippen LogP contribution in [-0.2, 0) is 16.8 Å². The van der Waals surface area contributed by atoms with Gasteiger partial charge in [0.2, 0.25) is 12.7 Å². The molecule has 1 amide bonds. The molecule has 3 aromatic carbocycles. The Labute approximate surface area is 203 Å². The molecular weight excluding hydrogens is 424 g/mol. The fourth-order valence-electron chi connectivity index (χ4n) is 4.53. The summed E-state index contributed by atoms with van der Waals surface area (Å²) in [6.07, 6.45) is 1.67. The molecule has 0 radical (unpaired) electrons. The van der Waals surface area contributed by atoms with Crippen molar-refractivity contribution in [3.8, 4) is 22.6 Å². The summed E-state index contributed by atoms with van der Waals surface area (Å²) in [7, 11) is 0. The van der Waals surface area contributed by atoms with Crippen molar-refractivity contribution in [3.63, 3.8) is 0 Å². The van der Waals surface area contributed by atoms with Gasteiger partial charge in [-0.3, -0.25) is 4.79 Å². The SMILES string of the molecule is Cc1ccc(NC(=O)C2(c3ccc4c(c3)OCO4)CC2)cc1-c1ccc(CNCC(C)C)cc1.[HH]. The predicted molar refractivity (Wildman–Crippen MR) is 137 cm³/mol. The molecule has 2 aliphatic rings. The van der Waals surface area contributed by atoms with E-state index in [2.05, 4.69) is 67.8 Å². The van der Waals surface area contributed by atoms with Crippen molar-refractivity contribution in [2.75, 3.05) is 18.7 Å². The van der Waals surface area contributed by atoms with E-state index in [-0.39, 0.29) is 14.1 Å². The van der Waals surface area contributed by atoms with E-state index in [0.29, 0.717) is 5.92 Å². The van der Waals surface area contributed by atoms with Crippen molar-refractivity contribution in [2.45, 2.75) is 45.6 Å². The number of carbonyl (C=O) groups is 1. The summed E-state index contributed by atoms with van der Waals surface area (Å²) in [6, 6.07) is 20.6. The van der Waals surface area contributed by atoms with Gasteiger partial charge in [0.25, 0.3) is 0 Å². The van der Waals surface area contributed by atoms with Crippen molar-refractivity contribution in [2.24, 2.45) is 5.92 Å². The molecule has 0 atom stereocenters. The van der Waals surface area contributed by atoms with Gasteiger partial charge in [-0.1, -0.05) is 50.2 Å². The molecule has 5 rings (SSSR count). The number of hydrogen-bond acceptors (Lipinski definition) is 4. The van der Waals surface area contributed by atoms with Crippen molar-refractivity contribution >= 4 is 11.6 Å². The summed E-state index contributed by atoms with van der Waals surface area (Å²) >= 11 is 0. The zero-order chi connectivity index (χ0) is 23.7. The number of carbonyl (C=O) groups excluding carboxylic acids is 1. The normalized spacial score (nSPS) is 15.4. The van der Waals surface area contributed by atoms with Crippen LogP contribution in [0.3, 0.4) is 0 Å². The molecule has 1 aliphatic carbocycles. The highest BCUT2D eigenvalue weighted by atomic mass is 16.7. The first-order valence-electron chi connectivity index (χ1n) is 12.1. The van der Waals surface area contributed by atoms with Gasteiger partial charge in [0.15, 0.2) is 11.5 Å². The zero-order valence-corrected chi connectivity index (χ0v) is 20.1. The van der Waals surface area contributed by atoms with E-state index in [4.69, 9.17) is 9.47 Å². The highest BCUT2D eigenvalue weighted by Crippen LogP contribution is 2.51. The van der Waals surface area contributed by atoms with Crippen molar-refractivity contribution in [1.82, 2.24) is 5.32 Å². The fraction of sp³-hybridized carbons (Fsp3) is 0.345. The molecule has 178 valence electrons. The molecule has 1 aliphatic heterocycles. The summed E-state index contributed by atoms with van der Waals surface area (Å²) in [5.41, 5.74) is 6.05. The van der Waals surface area contributed by atoms with E-state index in [1.165, 1.54) is 11.1 Å². The summed E-state index contributed by atoms with van der Waals surface area (Å²) in [4.78, 5) is 13.3. The van der Waals surface area contributed by atoms with E-state index in [1.807, 2.05) is 24.3 Å². The van der Waals surface area contributed by atoms with Gasteiger partial charge in [0.1, 0.15) is 0 Å².